The molecule has 0 saturated heterocycles. The summed E-state index contributed by atoms with van der Waals surface area (Å²) < 4.78 is 33.9. The van der Waals surface area contributed by atoms with Crippen LogP contribution in [-0.4, -0.2) is 49.2 Å². The number of hydrogen-bond donors (Lipinski definition) is 3. The van der Waals surface area contributed by atoms with Gasteiger partial charge >= 0.3 is 5.97 Å². The topological polar surface area (TPSA) is 135 Å². The summed E-state index contributed by atoms with van der Waals surface area (Å²) in [5.41, 5.74) is 1.31. The number of fused-ring (bicyclic) bond motifs is 1. The van der Waals surface area contributed by atoms with Crippen molar-refractivity contribution in [2.75, 3.05) is 18.7 Å². The molecule has 0 aliphatic carbocycles. The van der Waals surface area contributed by atoms with Crippen molar-refractivity contribution in [3.8, 4) is 5.75 Å². The Kier molecular flexibility index (Phi) is 8.65. The van der Waals surface area contributed by atoms with Gasteiger partial charge in [-0.05, 0) is 53.0 Å². The number of methoxy groups -OCH3 is 1. The van der Waals surface area contributed by atoms with E-state index in [-0.39, 0.29) is 26.9 Å². The van der Waals surface area contributed by atoms with Gasteiger partial charge in [0.25, 0.3) is 5.91 Å². The first-order valence-corrected chi connectivity index (χ1v) is 14.9. The van der Waals surface area contributed by atoms with Crippen LogP contribution in [0.25, 0.3) is 10.1 Å². The number of benzene rings is 3. The molecule has 3 aromatic carbocycles. The van der Waals surface area contributed by atoms with Gasteiger partial charge < -0.3 is 20.5 Å². The fraction of sp³-hybridized carbons (Fsp3) is 0.192. The lowest BCUT2D eigenvalue weighted by Crippen LogP contribution is -2.42. The lowest BCUT2D eigenvalue weighted by Gasteiger charge is -2.16. The number of amides is 1. The second-order valence-corrected chi connectivity index (χ2v) is 12.2. The molecule has 0 bridgehead atoms. The van der Waals surface area contributed by atoms with Crippen molar-refractivity contribution in [1.82, 2.24) is 9.69 Å². The number of aliphatic carboxylic acids is 1. The van der Waals surface area contributed by atoms with Gasteiger partial charge in [-0.3, -0.25) is 4.79 Å². The molecule has 0 spiro atoms. The van der Waals surface area contributed by atoms with Crippen molar-refractivity contribution in [2.24, 2.45) is 0 Å². The average molecular weight is 609 g/mol. The average Bonchev–Trinajstić information content (AvgIpc) is 3.29. The third kappa shape index (κ3) is 6.62. The number of carboxylic acid groups (broad SMARTS) is 1. The highest BCUT2D eigenvalue weighted by atomic mass is 35.5. The Bertz CT molecular complexity index is 1670. The molecule has 3 N–H and O–H groups in total. The molecule has 4 rings (SSSR count). The molecule has 1 atom stereocenters. The van der Waals surface area contributed by atoms with E-state index in [4.69, 9.17) is 27.9 Å². The molecule has 0 aliphatic rings. The van der Waals surface area contributed by atoms with Crippen LogP contribution in [0.1, 0.15) is 21.5 Å². The van der Waals surface area contributed by atoms with Crippen LogP contribution < -0.4 is 15.4 Å². The van der Waals surface area contributed by atoms with Crippen LogP contribution in [0.5, 0.6) is 5.75 Å². The van der Waals surface area contributed by atoms with E-state index in [2.05, 4.69) is 15.0 Å². The van der Waals surface area contributed by atoms with Crippen LogP contribution >= 0.6 is 34.7 Å². The Hall–Kier alpha value is -3.38. The lowest BCUT2D eigenvalue weighted by molar-refractivity contribution is -0.139. The van der Waals surface area contributed by atoms with Crippen molar-refractivity contribution < 1.29 is 27.9 Å². The van der Waals surface area contributed by atoms with Gasteiger partial charge in [-0.1, -0.05) is 47.5 Å². The Labute approximate surface area is 238 Å². The fourth-order valence-corrected chi connectivity index (χ4v) is 6.08. The van der Waals surface area contributed by atoms with Crippen LogP contribution in [0.15, 0.2) is 59.5 Å². The SMILES string of the molecule is COc1cccc(CNc2nsc3c(Cl)c(C(=O)NC(Cc4cccc(S(C)(=O)=O)c4)C(=O)O)c(Cl)cc23)c1. The summed E-state index contributed by atoms with van der Waals surface area (Å²) >= 11 is 14.1. The largest absolute Gasteiger partial charge is 0.497 e. The molecular formula is C26H23Cl2N3O6S2. The van der Waals surface area contributed by atoms with Crippen LogP contribution in [0.2, 0.25) is 10.0 Å². The molecule has 1 amide bonds. The number of nitrogens with one attached hydrogen (secondary N) is 2. The Morgan fingerprint density at radius 3 is 2.51 bits per heavy atom. The summed E-state index contributed by atoms with van der Waals surface area (Å²) in [6, 6.07) is 13.6. The van der Waals surface area contributed by atoms with E-state index in [0.29, 0.717) is 28.0 Å². The minimum Gasteiger partial charge on any atom is -0.497 e. The Balaban J connectivity index is 1.56. The number of hydrogen-bond acceptors (Lipinski definition) is 8. The van der Waals surface area contributed by atoms with Gasteiger partial charge in [0.1, 0.15) is 17.6 Å². The smallest absolute Gasteiger partial charge is 0.326 e. The third-order valence-corrected chi connectivity index (χ3v) is 8.63. The van der Waals surface area contributed by atoms with E-state index in [1.165, 1.54) is 18.2 Å². The molecule has 1 aromatic heterocycles. The van der Waals surface area contributed by atoms with Gasteiger partial charge in [0.2, 0.25) is 0 Å². The molecule has 39 heavy (non-hydrogen) atoms. The minimum absolute atomic E-state index is 0.0258. The third-order valence-electron chi connectivity index (χ3n) is 5.85. The van der Waals surface area contributed by atoms with Gasteiger partial charge in [0.15, 0.2) is 9.84 Å². The minimum atomic E-state index is -3.49. The van der Waals surface area contributed by atoms with Gasteiger partial charge in [-0.25, -0.2) is 13.2 Å². The number of nitrogens with zero attached hydrogens (tertiary/aromatic N) is 1. The summed E-state index contributed by atoms with van der Waals surface area (Å²) in [6.07, 6.45) is 0.905. The van der Waals surface area contributed by atoms with E-state index >= 15 is 0 Å². The second-order valence-electron chi connectivity index (χ2n) is 8.65. The number of rotatable bonds is 10. The van der Waals surface area contributed by atoms with Crippen molar-refractivity contribution in [2.45, 2.75) is 23.9 Å². The van der Waals surface area contributed by atoms with Crippen LogP contribution in [-0.2, 0) is 27.6 Å². The van der Waals surface area contributed by atoms with Crippen molar-refractivity contribution >= 4 is 72.4 Å². The molecule has 0 aliphatic heterocycles. The zero-order valence-electron chi connectivity index (χ0n) is 20.7. The molecule has 1 unspecified atom stereocenters. The van der Waals surface area contributed by atoms with Gasteiger partial charge in [0, 0.05) is 24.6 Å². The van der Waals surface area contributed by atoms with E-state index in [1.807, 2.05) is 24.3 Å². The quantitative estimate of drug-likeness (QED) is 0.228. The second kappa shape index (κ2) is 11.8. The number of sulfone groups is 1. The molecular weight excluding hydrogens is 585 g/mol. The predicted octanol–water partition coefficient (Wildman–Crippen LogP) is 5.05. The highest BCUT2D eigenvalue weighted by molar-refractivity contribution is 7.90. The van der Waals surface area contributed by atoms with Crippen LogP contribution in [0.4, 0.5) is 5.82 Å². The summed E-state index contributed by atoms with van der Waals surface area (Å²) in [5, 5.41) is 16.1. The summed E-state index contributed by atoms with van der Waals surface area (Å²) in [5.74, 6) is -0.828. The standard InChI is InChI=1S/C26H23Cl2N3O6S2/c1-37-16-7-3-6-15(9-16)13-29-24-18-12-19(27)21(22(28)23(18)38-31-24)25(32)30-20(26(33)34)11-14-5-4-8-17(10-14)39(2,35)36/h3-10,12,20H,11,13H2,1-2H3,(H,29,31)(H,30,32)(H,33,34). The molecule has 204 valence electrons. The number of aromatic nitrogens is 1. The highest BCUT2D eigenvalue weighted by Gasteiger charge is 2.26. The zero-order valence-corrected chi connectivity index (χ0v) is 23.8. The maximum absolute atomic E-state index is 13.2. The Morgan fingerprint density at radius 2 is 1.82 bits per heavy atom. The van der Waals surface area contributed by atoms with Gasteiger partial charge in [-0.15, -0.1) is 0 Å². The molecule has 1 heterocycles. The van der Waals surface area contributed by atoms with E-state index in [1.54, 1.807) is 19.2 Å². The first-order valence-electron chi connectivity index (χ1n) is 11.4. The van der Waals surface area contributed by atoms with E-state index in [0.717, 1.165) is 29.1 Å². The normalized spacial score (nSPS) is 12.2. The first kappa shape index (κ1) is 28.6. The number of halogens is 2. The highest BCUT2D eigenvalue weighted by Crippen LogP contribution is 2.39. The van der Waals surface area contributed by atoms with Crippen LogP contribution in [0, 0.1) is 0 Å². The maximum Gasteiger partial charge on any atom is 0.326 e. The number of carboxylic acids is 1. The van der Waals surface area contributed by atoms with Crippen molar-refractivity contribution in [3.63, 3.8) is 0 Å². The van der Waals surface area contributed by atoms with Gasteiger partial charge in [0.05, 0.1) is 32.3 Å². The molecule has 9 nitrogen and oxygen atoms in total. The number of carbonyl (C=O) groups is 2. The molecule has 0 fully saturated rings. The maximum atomic E-state index is 13.2. The molecule has 4 aromatic rings. The molecule has 0 saturated carbocycles. The number of ether oxygens (including phenoxy) is 1. The number of carbonyl (C=O) groups excluding carboxylic acids is 1. The molecule has 0 radical (unpaired) electrons. The van der Waals surface area contributed by atoms with Gasteiger partial charge in [-0.2, -0.15) is 4.37 Å². The summed E-state index contributed by atoms with van der Waals surface area (Å²) in [4.78, 5) is 25.2. The predicted molar refractivity (Wildman–Crippen MR) is 152 cm³/mol. The lowest BCUT2D eigenvalue weighted by atomic mass is 10.1. The van der Waals surface area contributed by atoms with E-state index in [9.17, 15) is 23.1 Å². The van der Waals surface area contributed by atoms with Crippen LogP contribution in [0.3, 0.4) is 0 Å². The fourth-order valence-electron chi connectivity index (χ4n) is 3.88. The summed E-state index contributed by atoms with van der Waals surface area (Å²) in [7, 11) is -1.90. The first-order chi connectivity index (χ1) is 18.5. The van der Waals surface area contributed by atoms with E-state index < -0.39 is 27.8 Å². The monoisotopic (exact) mass is 607 g/mol. The molecule has 13 heteroatoms. The van der Waals surface area contributed by atoms with Crippen molar-refractivity contribution in [3.05, 3.63) is 81.3 Å². The summed E-state index contributed by atoms with van der Waals surface area (Å²) in [6.45, 7) is 0.453. The number of anilines is 1. The van der Waals surface area contributed by atoms with Crippen molar-refractivity contribution in [1.29, 1.82) is 0 Å². The zero-order chi connectivity index (χ0) is 28.3. The Morgan fingerprint density at radius 1 is 1.10 bits per heavy atom.